The maximum atomic E-state index is 9.92. The van der Waals surface area contributed by atoms with E-state index in [9.17, 15) is 24.0 Å². The molecule has 0 amide bonds. The number of hydrogen-bond acceptors (Lipinski definition) is 8. The van der Waals surface area contributed by atoms with Gasteiger partial charge >= 0.3 is 29.8 Å². The molecule has 0 aliphatic carbocycles. The van der Waals surface area contributed by atoms with E-state index in [1.165, 1.54) is 27.7 Å². The summed E-state index contributed by atoms with van der Waals surface area (Å²) in [6.07, 6.45) is 0.558. The Morgan fingerprint density at radius 2 is 0.857 bits per heavy atom. The molecular formula is C21H40O13Pt4Y4-4. The SMILES string of the molecule is CC(=CO)C(=O)O.CC(C(=O)O)C(=O)O.CC(CO)C(=O)O.CC(O)=C(C)C(=O)O.[CH3-].[CH3-].[CH3-].[CH3-].[Pt].[Pt].[Pt].[Pt].[Y].[Y].[Y].[Y]. The van der Waals surface area contributed by atoms with Gasteiger partial charge in [0.2, 0.25) is 0 Å². The molecule has 0 bridgehead atoms. The fourth-order valence-electron chi connectivity index (χ4n) is 0.394. The first-order chi connectivity index (χ1) is 13.5. The van der Waals surface area contributed by atoms with Crippen LogP contribution in [-0.2, 0) is 239 Å². The third kappa shape index (κ3) is 79.2. The smallest absolute Gasteiger partial charge is 0.334 e. The molecule has 258 valence electrons. The van der Waals surface area contributed by atoms with Gasteiger partial charge in [-0.25, -0.2) is 9.59 Å². The molecule has 0 aliphatic heterocycles. The first-order valence-corrected chi connectivity index (χ1v) is 7.90. The number of aliphatic hydroxyl groups is 3. The Morgan fingerprint density at radius 1 is 0.595 bits per heavy atom. The minimum atomic E-state index is -1.31. The summed E-state index contributed by atoms with van der Waals surface area (Å²) in [6, 6.07) is 0. The van der Waals surface area contributed by atoms with Crippen LogP contribution in [0.2, 0.25) is 0 Å². The number of hydrogen-bond donors (Lipinski definition) is 8. The number of aliphatic carboxylic acids is 5. The van der Waals surface area contributed by atoms with Crippen molar-refractivity contribution in [2.24, 2.45) is 11.8 Å². The molecule has 21 heteroatoms. The van der Waals surface area contributed by atoms with Crippen molar-refractivity contribution in [3.8, 4) is 0 Å². The molecule has 0 aromatic rings. The van der Waals surface area contributed by atoms with Gasteiger partial charge in [-0.05, 0) is 34.6 Å². The predicted molar refractivity (Wildman–Crippen MR) is 127 cm³/mol. The number of carbonyl (C=O) groups is 5. The number of carboxylic acid groups (broad SMARTS) is 5. The Morgan fingerprint density at radius 3 is 0.857 bits per heavy atom. The van der Waals surface area contributed by atoms with Gasteiger partial charge in [-0.15, -0.1) is 0 Å². The van der Waals surface area contributed by atoms with Crippen molar-refractivity contribution in [2.75, 3.05) is 6.61 Å². The summed E-state index contributed by atoms with van der Waals surface area (Å²) in [6.45, 7) is 6.27. The Bertz CT molecular complexity index is 669. The van der Waals surface area contributed by atoms with E-state index in [2.05, 4.69) is 0 Å². The van der Waals surface area contributed by atoms with Gasteiger partial charge in [0, 0.05) is 215 Å². The van der Waals surface area contributed by atoms with Crippen LogP contribution in [0, 0.1) is 41.5 Å². The Kier molecular flexibility index (Phi) is 165. The molecule has 0 aromatic carbocycles. The van der Waals surface area contributed by atoms with Gasteiger partial charge in [-0.3, -0.25) is 14.4 Å². The van der Waals surface area contributed by atoms with Crippen molar-refractivity contribution < 1.29 is 280 Å². The van der Waals surface area contributed by atoms with Crippen LogP contribution in [-0.4, -0.2) is 77.3 Å². The summed E-state index contributed by atoms with van der Waals surface area (Å²) in [5.74, 6) is -7.81. The zero-order valence-corrected chi connectivity index (χ0v) is 45.1. The van der Waals surface area contributed by atoms with Crippen molar-refractivity contribution in [1.82, 2.24) is 0 Å². The number of allylic oxidation sites excluding steroid dienone is 1. The second-order valence-electron chi connectivity index (χ2n) is 5.45. The number of rotatable bonds is 6. The van der Waals surface area contributed by atoms with Gasteiger partial charge < -0.3 is 70.6 Å². The fourth-order valence-corrected chi connectivity index (χ4v) is 0.394. The van der Waals surface area contributed by atoms with Gasteiger partial charge in [0.15, 0.2) is 5.92 Å². The Hall–Kier alpha value is 3.56. The van der Waals surface area contributed by atoms with Crippen LogP contribution in [0.5, 0.6) is 0 Å². The average molecular weight is 1640 g/mol. The monoisotopic (exact) mass is 1640 g/mol. The van der Waals surface area contributed by atoms with Gasteiger partial charge in [-0.2, -0.15) is 0 Å². The van der Waals surface area contributed by atoms with Crippen molar-refractivity contribution in [2.45, 2.75) is 34.6 Å². The number of carboxylic acids is 5. The summed E-state index contributed by atoms with van der Waals surface area (Å²) in [4.78, 5) is 48.9. The minimum Gasteiger partial charge on any atom is -0.515 e. The van der Waals surface area contributed by atoms with Gasteiger partial charge in [0.1, 0.15) is 0 Å². The second kappa shape index (κ2) is 66.9. The molecule has 0 fully saturated rings. The molecule has 0 heterocycles. The summed E-state index contributed by atoms with van der Waals surface area (Å²) in [5.41, 5.74) is -0.0648. The van der Waals surface area contributed by atoms with Crippen LogP contribution in [0.1, 0.15) is 34.6 Å². The van der Waals surface area contributed by atoms with Crippen LogP contribution in [0.4, 0.5) is 0 Å². The Labute approximate surface area is 408 Å². The van der Waals surface area contributed by atoms with Crippen LogP contribution < -0.4 is 0 Å². The van der Waals surface area contributed by atoms with E-state index < -0.39 is 41.7 Å². The zero-order valence-electron chi connectivity index (χ0n) is 24.6. The standard InChI is InChI=1S/C5H8O3.C4H6O4.C4H8O3.C4H6O3.4CH3.4Pt.4Y/c1-3(4(2)6)5(7)8;1-2(3(5)6)4(7)8;2*1-3(2-5)4(6)7;;;;;;;;;;;;/h6H,1-2H3,(H,7,8);2H,1H3,(H,5,6)(H,7,8);3,5H,2H2,1H3,(H,6,7);2,5H,1H3,(H,6,7);4*1H3;;;;;;;;/q;;;;4*-1;;;;;;;;. The van der Waals surface area contributed by atoms with Gasteiger partial charge in [0.25, 0.3) is 0 Å². The van der Waals surface area contributed by atoms with Crippen LogP contribution in [0.25, 0.3) is 0 Å². The molecule has 0 aliphatic rings. The normalized spacial score (nSPS) is 8.31. The van der Waals surface area contributed by atoms with E-state index >= 15 is 0 Å². The molecule has 8 N–H and O–H groups in total. The largest absolute Gasteiger partial charge is 0.515 e. The van der Waals surface area contributed by atoms with Crippen molar-refractivity contribution in [3.63, 3.8) is 0 Å². The topological polar surface area (TPSA) is 247 Å². The summed E-state index contributed by atoms with van der Waals surface area (Å²) < 4.78 is 0. The molecular weight excluding hydrogens is 1600 g/mol. The number of aliphatic hydroxyl groups excluding tert-OH is 3. The Balaban J connectivity index is -0.0000000140. The second-order valence-corrected chi connectivity index (χ2v) is 5.45. The van der Waals surface area contributed by atoms with Crippen LogP contribution >= 0.6 is 0 Å². The van der Waals surface area contributed by atoms with E-state index in [0.29, 0.717) is 6.26 Å². The molecule has 1 atom stereocenters. The zero-order chi connectivity index (χ0) is 25.2. The van der Waals surface area contributed by atoms with E-state index in [0.717, 1.165) is 6.92 Å². The molecule has 0 rings (SSSR count). The maximum Gasteiger partial charge on any atom is 0.334 e. The van der Waals surface area contributed by atoms with Gasteiger partial charge in [0.05, 0.1) is 35.7 Å². The first-order valence-electron chi connectivity index (χ1n) is 7.90. The minimum absolute atomic E-state index is 0. The van der Waals surface area contributed by atoms with Crippen LogP contribution in [0.15, 0.2) is 23.2 Å². The molecule has 0 spiro atoms. The molecule has 0 aromatic heterocycles. The average Bonchev–Trinajstić information content (AvgIpc) is 2.65. The molecule has 0 saturated carbocycles. The maximum absolute atomic E-state index is 9.92. The molecule has 42 heavy (non-hydrogen) atoms. The van der Waals surface area contributed by atoms with Gasteiger partial charge in [-0.1, -0.05) is 0 Å². The van der Waals surface area contributed by atoms with Crippen molar-refractivity contribution in [1.29, 1.82) is 0 Å². The van der Waals surface area contributed by atoms with E-state index in [4.69, 9.17) is 40.9 Å². The van der Waals surface area contributed by atoms with E-state index in [1.54, 1.807) is 0 Å². The molecule has 0 saturated heterocycles. The fraction of sp³-hybridized carbons (Fsp3) is 0.381. The predicted octanol–water partition coefficient (Wildman–Crippen LogP) is 2.73. The summed E-state index contributed by atoms with van der Waals surface area (Å²) in [7, 11) is 0. The summed E-state index contributed by atoms with van der Waals surface area (Å²) >= 11 is 0. The molecule has 1 unspecified atom stereocenters. The van der Waals surface area contributed by atoms with Crippen molar-refractivity contribution >= 4 is 29.8 Å². The summed E-state index contributed by atoms with van der Waals surface area (Å²) in [5, 5.41) is 64.6. The molecule has 4 radical (unpaired) electrons. The van der Waals surface area contributed by atoms with Crippen LogP contribution in [0.3, 0.4) is 0 Å². The van der Waals surface area contributed by atoms with E-state index in [1.807, 2.05) is 0 Å². The third-order valence-electron chi connectivity index (χ3n) is 2.83. The quantitative estimate of drug-likeness (QED) is 0.0827. The van der Waals surface area contributed by atoms with Crippen molar-refractivity contribution in [3.05, 3.63) is 52.9 Å². The first kappa shape index (κ1) is 104. The molecule has 13 nitrogen and oxygen atoms in total. The third-order valence-corrected chi connectivity index (χ3v) is 2.83. The van der Waals surface area contributed by atoms with E-state index in [-0.39, 0.29) is 268 Å².